The average Bonchev–Trinajstić information content (AvgIpc) is 2.88. The molecule has 0 aromatic heterocycles. The predicted molar refractivity (Wildman–Crippen MR) is 69.1 cm³/mol. The van der Waals surface area contributed by atoms with E-state index in [1.54, 1.807) is 0 Å². The molecule has 5 nitrogen and oxygen atoms in total. The lowest BCUT2D eigenvalue weighted by Gasteiger charge is -2.10. The first kappa shape index (κ1) is 15.0. The number of unbranched alkanes of at least 4 members (excludes halogenated alkanes) is 3. The highest BCUT2D eigenvalue weighted by atomic mass is 16.5. The smallest absolute Gasteiger partial charge is 0.309 e. The molecular weight excluding hydrogens is 232 g/mol. The lowest BCUT2D eigenvalue weighted by Crippen LogP contribution is -2.42. The first-order valence-corrected chi connectivity index (χ1v) is 6.91. The molecule has 0 bridgehead atoms. The lowest BCUT2D eigenvalue weighted by molar-refractivity contribution is -0.139. The van der Waals surface area contributed by atoms with E-state index in [9.17, 15) is 9.59 Å². The molecule has 1 aliphatic rings. The third-order valence-corrected chi connectivity index (χ3v) is 3.04. The van der Waals surface area contributed by atoms with E-state index in [2.05, 4.69) is 17.6 Å². The van der Waals surface area contributed by atoms with Crippen LogP contribution in [0.4, 0.5) is 0 Å². The zero-order valence-corrected chi connectivity index (χ0v) is 11.2. The van der Waals surface area contributed by atoms with Crippen LogP contribution in [0.5, 0.6) is 0 Å². The highest BCUT2D eigenvalue weighted by Gasteiger charge is 2.18. The van der Waals surface area contributed by atoms with Gasteiger partial charge in [0.1, 0.15) is 0 Å². The fourth-order valence-electron chi connectivity index (χ4n) is 1.93. The summed E-state index contributed by atoms with van der Waals surface area (Å²) in [6, 6.07) is 0. The number of ether oxygens (including phenoxy) is 1. The Hall–Kier alpha value is -1.10. The van der Waals surface area contributed by atoms with E-state index in [-0.39, 0.29) is 6.10 Å². The van der Waals surface area contributed by atoms with Gasteiger partial charge in [0, 0.05) is 19.7 Å². The molecule has 1 unspecified atom stereocenters. The largest absolute Gasteiger partial charge is 0.376 e. The first-order chi connectivity index (χ1) is 8.74. The van der Waals surface area contributed by atoms with Gasteiger partial charge in [-0.3, -0.25) is 9.59 Å². The molecule has 5 heteroatoms. The maximum atomic E-state index is 11.4. The van der Waals surface area contributed by atoms with Gasteiger partial charge in [-0.25, -0.2) is 0 Å². The molecule has 1 rings (SSSR count). The summed E-state index contributed by atoms with van der Waals surface area (Å²) in [7, 11) is 0. The molecule has 1 aliphatic heterocycles. The predicted octanol–water partition coefficient (Wildman–Crippen LogP) is 0.978. The molecule has 1 atom stereocenters. The van der Waals surface area contributed by atoms with Crippen LogP contribution in [0.25, 0.3) is 0 Å². The normalized spacial score (nSPS) is 18.6. The van der Waals surface area contributed by atoms with Crippen LogP contribution in [-0.2, 0) is 14.3 Å². The zero-order chi connectivity index (χ0) is 13.2. The molecule has 0 aromatic rings. The minimum atomic E-state index is -0.555. The number of rotatable bonds is 7. The van der Waals surface area contributed by atoms with Crippen LogP contribution in [0, 0.1) is 0 Å². The maximum absolute atomic E-state index is 11.4. The number of carbonyl (C=O) groups is 2. The summed E-state index contributed by atoms with van der Waals surface area (Å²) >= 11 is 0. The SMILES string of the molecule is CCCCCCNC(=O)C(=O)NCC1CCCO1. The third kappa shape index (κ3) is 6.00. The van der Waals surface area contributed by atoms with Crippen molar-refractivity contribution in [3.05, 3.63) is 0 Å². The van der Waals surface area contributed by atoms with Crippen LogP contribution in [0.3, 0.4) is 0 Å². The van der Waals surface area contributed by atoms with Gasteiger partial charge in [0.25, 0.3) is 0 Å². The van der Waals surface area contributed by atoms with E-state index in [0.717, 1.165) is 38.7 Å². The standard InChI is InChI=1S/C13H24N2O3/c1-2-3-4-5-8-14-12(16)13(17)15-10-11-7-6-9-18-11/h11H,2-10H2,1H3,(H,14,16)(H,15,17). The monoisotopic (exact) mass is 256 g/mol. The summed E-state index contributed by atoms with van der Waals surface area (Å²) in [5.74, 6) is -1.09. The summed E-state index contributed by atoms with van der Waals surface area (Å²) in [4.78, 5) is 22.9. The van der Waals surface area contributed by atoms with Crippen molar-refractivity contribution in [3.63, 3.8) is 0 Å². The molecule has 0 aliphatic carbocycles. The molecule has 1 saturated heterocycles. The van der Waals surface area contributed by atoms with E-state index >= 15 is 0 Å². The Morgan fingerprint density at radius 2 is 1.94 bits per heavy atom. The van der Waals surface area contributed by atoms with Crippen molar-refractivity contribution in [1.82, 2.24) is 10.6 Å². The van der Waals surface area contributed by atoms with E-state index in [1.165, 1.54) is 6.42 Å². The van der Waals surface area contributed by atoms with Crippen molar-refractivity contribution in [2.75, 3.05) is 19.7 Å². The molecule has 0 spiro atoms. The molecule has 1 fully saturated rings. The van der Waals surface area contributed by atoms with Gasteiger partial charge in [0.2, 0.25) is 0 Å². The quantitative estimate of drug-likeness (QED) is 0.527. The van der Waals surface area contributed by atoms with Crippen LogP contribution in [0.15, 0.2) is 0 Å². The minimum absolute atomic E-state index is 0.0753. The van der Waals surface area contributed by atoms with Crippen LogP contribution in [-0.4, -0.2) is 37.6 Å². The highest BCUT2D eigenvalue weighted by Crippen LogP contribution is 2.10. The van der Waals surface area contributed by atoms with Gasteiger partial charge in [-0.1, -0.05) is 26.2 Å². The zero-order valence-electron chi connectivity index (χ0n) is 11.2. The van der Waals surface area contributed by atoms with Crippen LogP contribution in [0.2, 0.25) is 0 Å². The van der Waals surface area contributed by atoms with E-state index in [0.29, 0.717) is 13.1 Å². The van der Waals surface area contributed by atoms with Crippen LogP contribution < -0.4 is 10.6 Å². The fourth-order valence-corrected chi connectivity index (χ4v) is 1.93. The third-order valence-electron chi connectivity index (χ3n) is 3.04. The molecule has 0 saturated carbocycles. The molecule has 0 aromatic carbocycles. The van der Waals surface area contributed by atoms with Gasteiger partial charge in [-0.05, 0) is 19.3 Å². The summed E-state index contributed by atoms with van der Waals surface area (Å²) in [5.41, 5.74) is 0. The molecular formula is C13H24N2O3. The van der Waals surface area contributed by atoms with Gasteiger partial charge in [0.15, 0.2) is 0 Å². The van der Waals surface area contributed by atoms with Crippen LogP contribution >= 0.6 is 0 Å². The van der Waals surface area contributed by atoms with Crippen molar-refractivity contribution in [2.45, 2.75) is 51.6 Å². The summed E-state index contributed by atoms with van der Waals surface area (Å²) < 4.78 is 5.36. The fraction of sp³-hybridized carbons (Fsp3) is 0.846. The molecule has 0 radical (unpaired) electrons. The van der Waals surface area contributed by atoms with Crippen molar-refractivity contribution in [3.8, 4) is 0 Å². The van der Waals surface area contributed by atoms with Crippen LogP contribution in [0.1, 0.15) is 45.4 Å². The van der Waals surface area contributed by atoms with Crippen molar-refractivity contribution >= 4 is 11.8 Å². The number of amides is 2. The van der Waals surface area contributed by atoms with E-state index in [1.807, 2.05) is 0 Å². The second-order valence-electron chi connectivity index (χ2n) is 4.66. The second-order valence-corrected chi connectivity index (χ2v) is 4.66. The molecule has 2 amide bonds. The number of nitrogens with one attached hydrogen (secondary N) is 2. The Morgan fingerprint density at radius 3 is 2.61 bits per heavy atom. The van der Waals surface area contributed by atoms with Gasteiger partial charge in [0.05, 0.1) is 6.10 Å². The minimum Gasteiger partial charge on any atom is -0.376 e. The number of hydrogen-bond acceptors (Lipinski definition) is 3. The van der Waals surface area contributed by atoms with E-state index < -0.39 is 11.8 Å². The average molecular weight is 256 g/mol. The topological polar surface area (TPSA) is 67.4 Å². The first-order valence-electron chi connectivity index (χ1n) is 6.91. The van der Waals surface area contributed by atoms with Gasteiger partial charge < -0.3 is 15.4 Å². The Bertz CT molecular complexity index is 263. The number of hydrogen-bond donors (Lipinski definition) is 2. The maximum Gasteiger partial charge on any atom is 0.309 e. The highest BCUT2D eigenvalue weighted by molar-refractivity contribution is 6.35. The van der Waals surface area contributed by atoms with Gasteiger partial charge >= 0.3 is 11.8 Å². The van der Waals surface area contributed by atoms with Crippen molar-refractivity contribution in [1.29, 1.82) is 0 Å². The number of carbonyl (C=O) groups excluding carboxylic acids is 2. The Labute approximate surface area is 109 Å². The van der Waals surface area contributed by atoms with Gasteiger partial charge in [-0.2, -0.15) is 0 Å². The molecule has 104 valence electrons. The second kappa shape index (κ2) is 8.91. The molecule has 1 heterocycles. The molecule has 2 N–H and O–H groups in total. The Morgan fingerprint density at radius 1 is 1.17 bits per heavy atom. The summed E-state index contributed by atoms with van der Waals surface area (Å²) in [5, 5.41) is 5.23. The lowest BCUT2D eigenvalue weighted by atomic mass is 10.2. The Balaban J connectivity index is 2.03. The summed E-state index contributed by atoms with van der Waals surface area (Å²) in [6.45, 7) is 3.90. The van der Waals surface area contributed by atoms with E-state index in [4.69, 9.17) is 4.74 Å². The Kier molecular flexibility index (Phi) is 7.41. The van der Waals surface area contributed by atoms with Crippen molar-refractivity contribution in [2.24, 2.45) is 0 Å². The van der Waals surface area contributed by atoms with Crippen molar-refractivity contribution < 1.29 is 14.3 Å². The van der Waals surface area contributed by atoms with Gasteiger partial charge in [-0.15, -0.1) is 0 Å². The summed E-state index contributed by atoms with van der Waals surface area (Å²) in [6.07, 6.45) is 6.42. The molecule has 18 heavy (non-hydrogen) atoms.